The molecule has 4 rings (SSSR count). The molecule has 2 unspecified atom stereocenters. The molecule has 1 aromatic heterocycles. The van der Waals surface area contributed by atoms with Crippen LogP contribution in [0.2, 0.25) is 0 Å². The van der Waals surface area contributed by atoms with Gasteiger partial charge in [-0.05, 0) is 71.2 Å². The van der Waals surface area contributed by atoms with Crippen molar-refractivity contribution in [1.82, 2.24) is 20.4 Å². The fraction of sp³-hybridized carbons (Fsp3) is 0.750. The molecule has 0 bridgehead atoms. The second-order valence-electron chi connectivity index (χ2n) is 9.32. The summed E-state index contributed by atoms with van der Waals surface area (Å²) in [5.41, 5.74) is 0. The van der Waals surface area contributed by atoms with E-state index < -0.39 is 0 Å². The fourth-order valence-electron chi connectivity index (χ4n) is 5.27. The smallest absolute Gasteiger partial charge is 0.225 e. The van der Waals surface area contributed by atoms with Gasteiger partial charge < -0.3 is 20.0 Å². The standard InChI is InChI=1S/C24H39N5O2/c1-3-25-24(27-20-12-15-29(17-20)23(30)19-8-4-5-9-19)26-16-21(28-13-6-7-14-28)22-11-10-18(2)31-22/h10-11,19-21H,3-9,12-17H2,1-2H3,(H2,25,26,27). The van der Waals surface area contributed by atoms with E-state index in [1.54, 1.807) is 0 Å². The number of likely N-dealkylation sites (tertiary alicyclic amines) is 2. The Kier molecular flexibility index (Phi) is 7.54. The van der Waals surface area contributed by atoms with Gasteiger partial charge in [-0.1, -0.05) is 12.8 Å². The second-order valence-corrected chi connectivity index (χ2v) is 9.32. The van der Waals surface area contributed by atoms with Crippen molar-refractivity contribution in [2.45, 2.75) is 70.9 Å². The van der Waals surface area contributed by atoms with Crippen LogP contribution >= 0.6 is 0 Å². The molecular formula is C24H39N5O2. The number of guanidine groups is 1. The van der Waals surface area contributed by atoms with Crippen molar-refractivity contribution in [3.05, 3.63) is 23.7 Å². The fourth-order valence-corrected chi connectivity index (χ4v) is 5.27. The quantitative estimate of drug-likeness (QED) is 0.515. The maximum atomic E-state index is 12.8. The summed E-state index contributed by atoms with van der Waals surface area (Å²) in [5, 5.41) is 6.99. The molecule has 7 heteroatoms. The van der Waals surface area contributed by atoms with Crippen LogP contribution in [0.5, 0.6) is 0 Å². The van der Waals surface area contributed by atoms with Gasteiger partial charge in [-0.3, -0.25) is 14.7 Å². The Morgan fingerprint density at radius 1 is 1.16 bits per heavy atom. The van der Waals surface area contributed by atoms with Crippen LogP contribution in [0.3, 0.4) is 0 Å². The average Bonchev–Trinajstić information content (AvgIpc) is 3.55. The van der Waals surface area contributed by atoms with Gasteiger partial charge in [0.05, 0.1) is 12.6 Å². The summed E-state index contributed by atoms with van der Waals surface area (Å²) in [6.45, 7) is 9.42. The van der Waals surface area contributed by atoms with Crippen LogP contribution in [0.1, 0.15) is 69.4 Å². The van der Waals surface area contributed by atoms with Gasteiger partial charge in [0, 0.05) is 31.6 Å². The van der Waals surface area contributed by atoms with Crippen LogP contribution in [0, 0.1) is 12.8 Å². The molecule has 0 spiro atoms. The SMILES string of the molecule is CCNC(=NCC(c1ccc(C)o1)N1CCCC1)NC1CCN(C(=O)C2CCCC2)C1. The summed E-state index contributed by atoms with van der Waals surface area (Å²) in [5.74, 6) is 3.43. The first-order chi connectivity index (χ1) is 15.1. The summed E-state index contributed by atoms with van der Waals surface area (Å²) < 4.78 is 5.98. The van der Waals surface area contributed by atoms with E-state index in [4.69, 9.17) is 9.41 Å². The first kappa shape index (κ1) is 22.2. The molecule has 3 heterocycles. The van der Waals surface area contributed by atoms with Gasteiger partial charge in [0.25, 0.3) is 0 Å². The van der Waals surface area contributed by atoms with E-state index in [-0.39, 0.29) is 18.0 Å². The molecule has 31 heavy (non-hydrogen) atoms. The number of nitrogens with one attached hydrogen (secondary N) is 2. The van der Waals surface area contributed by atoms with Crippen LogP contribution in [0.15, 0.2) is 21.5 Å². The van der Waals surface area contributed by atoms with Gasteiger partial charge in [-0.2, -0.15) is 0 Å². The Morgan fingerprint density at radius 3 is 2.61 bits per heavy atom. The molecule has 2 saturated heterocycles. The van der Waals surface area contributed by atoms with Crippen molar-refractivity contribution >= 4 is 11.9 Å². The first-order valence-electron chi connectivity index (χ1n) is 12.3. The summed E-state index contributed by atoms with van der Waals surface area (Å²) in [4.78, 5) is 22.3. The molecule has 1 amide bonds. The zero-order valence-electron chi connectivity index (χ0n) is 19.2. The van der Waals surface area contributed by atoms with E-state index >= 15 is 0 Å². The monoisotopic (exact) mass is 429 g/mol. The number of aliphatic imine (C=N–C) groups is 1. The van der Waals surface area contributed by atoms with Crippen LogP contribution in [0.25, 0.3) is 0 Å². The highest BCUT2D eigenvalue weighted by molar-refractivity contribution is 5.81. The Balaban J connectivity index is 1.37. The highest BCUT2D eigenvalue weighted by Crippen LogP contribution is 2.28. The molecule has 7 nitrogen and oxygen atoms in total. The third-order valence-electron chi connectivity index (χ3n) is 6.98. The lowest BCUT2D eigenvalue weighted by molar-refractivity contribution is -0.134. The predicted octanol–water partition coefficient (Wildman–Crippen LogP) is 3.07. The number of nitrogens with zero attached hydrogens (tertiary/aromatic N) is 3. The van der Waals surface area contributed by atoms with E-state index in [1.165, 1.54) is 25.7 Å². The number of rotatable bonds is 7. The van der Waals surface area contributed by atoms with Gasteiger partial charge in [0.1, 0.15) is 11.5 Å². The normalized spacial score (nSPS) is 24.1. The average molecular weight is 430 g/mol. The maximum absolute atomic E-state index is 12.8. The highest BCUT2D eigenvalue weighted by atomic mass is 16.3. The van der Waals surface area contributed by atoms with E-state index in [1.807, 2.05) is 13.0 Å². The number of aryl methyl sites for hydroxylation is 1. The van der Waals surface area contributed by atoms with Crippen LogP contribution in [-0.4, -0.2) is 67.0 Å². The Hall–Kier alpha value is -2.02. The molecule has 2 aliphatic heterocycles. The molecular weight excluding hydrogens is 390 g/mol. The summed E-state index contributed by atoms with van der Waals surface area (Å²) in [6, 6.07) is 4.58. The molecule has 0 aromatic carbocycles. The van der Waals surface area contributed by atoms with Crippen molar-refractivity contribution in [3.63, 3.8) is 0 Å². The van der Waals surface area contributed by atoms with Crippen molar-refractivity contribution < 1.29 is 9.21 Å². The first-order valence-corrected chi connectivity index (χ1v) is 12.3. The number of amides is 1. The van der Waals surface area contributed by atoms with Gasteiger partial charge in [-0.25, -0.2) is 0 Å². The van der Waals surface area contributed by atoms with E-state index in [9.17, 15) is 4.79 Å². The molecule has 1 aliphatic carbocycles. The summed E-state index contributed by atoms with van der Waals surface area (Å²) in [7, 11) is 0. The zero-order valence-corrected chi connectivity index (χ0v) is 19.2. The zero-order chi connectivity index (χ0) is 21.6. The van der Waals surface area contributed by atoms with Crippen LogP contribution in [0.4, 0.5) is 0 Å². The number of hydrogen-bond acceptors (Lipinski definition) is 4. The minimum Gasteiger partial charge on any atom is -0.465 e. The third-order valence-corrected chi connectivity index (χ3v) is 6.98. The lowest BCUT2D eigenvalue weighted by Gasteiger charge is -2.25. The molecule has 0 radical (unpaired) electrons. The number of carbonyl (C=O) groups is 1. The topological polar surface area (TPSA) is 73.1 Å². The lowest BCUT2D eigenvalue weighted by atomic mass is 10.1. The minimum atomic E-state index is 0.177. The molecule has 1 aromatic rings. The predicted molar refractivity (Wildman–Crippen MR) is 123 cm³/mol. The number of hydrogen-bond donors (Lipinski definition) is 2. The Morgan fingerprint density at radius 2 is 1.94 bits per heavy atom. The van der Waals surface area contributed by atoms with E-state index in [2.05, 4.69) is 33.4 Å². The van der Waals surface area contributed by atoms with Crippen molar-refractivity contribution in [2.75, 3.05) is 39.3 Å². The Labute approximate surface area is 186 Å². The number of carbonyl (C=O) groups excluding carboxylic acids is 1. The second kappa shape index (κ2) is 10.5. The molecule has 2 N–H and O–H groups in total. The van der Waals surface area contributed by atoms with Crippen LogP contribution < -0.4 is 10.6 Å². The third kappa shape index (κ3) is 5.62. The lowest BCUT2D eigenvalue weighted by Crippen LogP contribution is -2.45. The van der Waals surface area contributed by atoms with E-state index in [0.29, 0.717) is 12.5 Å². The minimum absolute atomic E-state index is 0.177. The van der Waals surface area contributed by atoms with Gasteiger partial charge in [0.15, 0.2) is 5.96 Å². The molecule has 1 saturated carbocycles. The highest BCUT2D eigenvalue weighted by Gasteiger charge is 2.32. The van der Waals surface area contributed by atoms with Gasteiger partial charge in [-0.15, -0.1) is 0 Å². The largest absolute Gasteiger partial charge is 0.465 e. The molecule has 3 fully saturated rings. The van der Waals surface area contributed by atoms with Crippen LogP contribution in [-0.2, 0) is 4.79 Å². The summed E-state index contributed by atoms with van der Waals surface area (Å²) >= 11 is 0. The number of furan rings is 1. The van der Waals surface area contributed by atoms with Crippen molar-refractivity contribution in [1.29, 1.82) is 0 Å². The van der Waals surface area contributed by atoms with Crippen molar-refractivity contribution in [3.8, 4) is 0 Å². The van der Waals surface area contributed by atoms with Gasteiger partial charge >= 0.3 is 0 Å². The Bertz CT molecular complexity index is 749. The van der Waals surface area contributed by atoms with E-state index in [0.717, 1.165) is 69.5 Å². The molecule has 3 aliphatic rings. The molecule has 172 valence electrons. The maximum Gasteiger partial charge on any atom is 0.225 e. The molecule has 2 atom stereocenters. The van der Waals surface area contributed by atoms with Crippen molar-refractivity contribution in [2.24, 2.45) is 10.9 Å². The summed E-state index contributed by atoms with van der Waals surface area (Å²) in [6.07, 6.45) is 8.02. The van der Waals surface area contributed by atoms with Gasteiger partial charge in [0.2, 0.25) is 5.91 Å².